The number of carbonyl (C=O) groups is 1. The zero-order valence-electron chi connectivity index (χ0n) is 10.2. The molecule has 0 fully saturated rings. The standard InChI is InChI=1S/C13H18O3S/c1-10(2)17-12-6-4-11(5-7-12)13(15)16-9-3-8-14/h4-7,10,14H,3,8-9H2,1-2H3. The molecule has 0 saturated heterocycles. The van der Waals surface area contributed by atoms with Crippen LogP contribution >= 0.6 is 11.8 Å². The van der Waals surface area contributed by atoms with Crippen molar-refractivity contribution in [2.24, 2.45) is 0 Å². The molecule has 0 aromatic heterocycles. The average Bonchev–Trinajstić information content (AvgIpc) is 2.29. The molecule has 0 spiro atoms. The van der Waals surface area contributed by atoms with Crippen molar-refractivity contribution in [1.82, 2.24) is 0 Å². The van der Waals surface area contributed by atoms with Gasteiger partial charge in [0, 0.05) is 23.2 Å². The molecule has 0 unspecified atom stereocenters. The smallest absolute Gasteiger partial charge is 0.338 e. The summed E-state index contributed by atoms with van der Waals surface area (Å²) in [6.45, 7) is 4.55. The topological polar surface area (TPSA) is 46.5 Å². The lowest BCUT2D eigenvalue weighted by Crippen LogP contribution is -2.07. The van der Waals surface area contributed by atoms with E-state index in [1.54, 1.807) is 23.9 Å². The Hall–Kier alpha value is -1.00. The van der Waals surface area contributed by atoms with Crippen LogP contribution in [0.15, 0.2) is 29.2 Å². The van der Waals surface area contributed by atoms with Gasteiger partial charge in [-0.05, 0) is 24.3 Å². The molecule has 0 aliphatic heterocycles. The Labute approximate surface area is 106 Å². The van der Waals surface area contributed by atoms with Crippen molar-refractivity contribution in [1.29, 1.82) is 0 Å². The molecule has 17 heavy (non-hydrogen) atoms. The summed E-state index contributed by atoms with van der Waals surface area (Å²) in [4.78, 5) is 12.7. The SMILES string of the molecule is CC(C)Sc1ccc(C(=O)OCCCO)cc1. The summed E-state index contributed by atoms with van der Waals surface area (Å²) in [7, 11) is 0. The van der Waals surface area contributed by atoms with Gasteiger partial charge >= 0.3 is 5.97 Å². The number of benzene rings is 1. The molecule has 1 aromatic rings. The average molecular weight is 254 g/mol. The van der Waals surface area contributed by atoms with Crippen LogP contribution in [0.25, 0.3) is 0 Å². The molecule has 1 aromatic carbocycles. The van der Waals surface area contributed by atoms with Gasteiger partial charge in [0.2, 0.25) is 0 Å². The molecule has 0 aliphatic carbocycles. The summed E-state index contributed by atoms with van der Waals surface area (Å²) in [5, 5.41) is 9.10. The van der Waals surface area contributed by atoms with E-state index in [4.69, 9.17) is 9.84 Å². The largest absolute Gasteiger partial charge is 0.462 e. The number of carbonyl (C=O) groups excluding carboxylic acids is 1. The Morgan fingerprint density at radius 3 is 2.53 bits per heavy atom. The summed E-state index contributed by atoms with van der Waals surface area (Å²) < 4.78 is 4.98. The van der Waals surface area contributed by atoms with Crippen LogP contribution in [-0.4, -0.2) is 29.5 Å². The van der Waals surface area contributed by atoms with Gasteiger partial charge in [0.1, 0.15) is 0 Å². The maximum absolute atomic E-state index is 11.5. The second kappa shape index (κ2) is 7.35. The molecule has 0 bridgehead atoms. The number of esters is 1. The van der Waals surface area contributed by atoms with Gasteiger partial charge in [-0.15, -0.1) is 11.8 Å². The quantitative estimate of drug-likeness (QED) is 0.482. The summed E-state index contributed by atoms with van der Waals surface area (Å²) >= 11 is 1.76. The van der Waals surface area contributed by atoms with E-state index in [0.717, 1.165) is 4.90 Å². The number of hydrogen-bond donors (Lipinski definition) is 1. The van der Waals surface area contributed by atoms with Gasteiger partial charge in [0.25, 0.3) is 0 Å². The molecule has 0 aliphatic rings. The van der Waals surface area contributed by atoms with Crippen LogP contribution in [0.3, 0.4) is 0 Å². The predicted octanol–water partition coefficient (Wildman–Crippen LogP) is 2.73. The molecule has 1 rings (SSSR count). The molecule has 0 radical (unpaired) electrons. The molecule has 3 nitrogen and oxygen atoms in total. The maximum atomic E-state index is 11.5. The van der Waals surface area contributed by atoms with Crippen LogP contribution in [0.5, 0.6) is 0 Å². The Morgan fingerprint density at radius 2 is 2.00 bits per heavy atom. The predicted molar refractivity (Wildman–Crippen MR) is 69.4 cm³/mol. The van der Waals surface area contributed by atoms with Gasteiger partial charge in [-0.3, -0.25) is 0 Å². The van der Waals surface area contributed by atoms with Crippen molar-refractivity contribution in [3.63, 3.8) is 0 Å². The number of aliphatic hydroxyl groups excluding tert-OH is 1. The first-order valence-electron chi connectivity index (χ1n) is 5.68. The third-order valence-electron chi connectivity index (χ3n) is 2.00. The molecule has 94 valence electrons. The normalized spacial score (nSPS) is 10.6. The van der Waals surface area contributed by atoms with Crippen LogP contribution < -0.4 is 0 Å². The minimum absolute atomic E-state index is 0.0389. The van der Waals surface area contributed by atoms with Crippen LogP contribution in [0.2, 0.25) is 0 Å². The minimum atomic E-state index is -0.334. The number of ether oxygens (including phenoxy) is 1. The summed E-state index contributed by atoms with van der Waals surface area (Å²) in [5.41, 5.74) is 0.552. The molecule has 4 heteroatoms. The Bertz CT molecular complexity index is 346. The fourth-order valence-electron chi connectivity index (χ4n) is 1.25. The van der Waals surface area contributed by atoms with Gasteiger partial charge in [0.15, 0.2) is 0 Å². The molecular formula is C13H18O3S. The van der Waals surface area contributed by atoms with Gasteiger partial charge < -0.3 is 9.84 Å². The summed E-state index contributed by atoms with van der Waals surface area (Å²) in [5.74, 6) is -0.334. The monoisotopic (exact) mass is 254 g/mol. The first-order valence-corrected chi connectivity index (χ1v) is 6.56. The van der Waals surface area contributed by atoms with Crippen molar-refractivity contribution >= 4 is 17.7 Å². The number of aliphatic hydroxyl groups is 1. The van der Waals surface area contributed by atoms with E-state index in [0.29, 0.717) is 17.2 Å². The Kier molecular flexibility index (Phi) is 6.08. The number of hydrogen-bond acceptors (Lipinski definition) is 4. The van der Waals surface area contributed by atoms with Crippen LogP contribution in [0.1, 0.15) is 30.6 Å². The van der Waals surface area contributed by atoms with Crippen molar-refractivity contribution in [2.45, 2.75) is 30.4 Å². The molecule has 0 heterocycles. The highest BCUT2D eigenvalue weighted by atomic mass is 32.2. The summed E-state index contributed by atoms with van der Waals surface area (Å²) in [6.07, 6.45) is 0.479. The maximum Gasteiger partial charge on any atom is 0.338 e. The van der Waals surface area contributed by atoms with E-state index in [9.17, 15) is 4.79 Å². The molecule has 0 amide bonds. The lowest BCUT2D eigenvalue weighted by Gasteiger charge is -2.06. The Balaban J connectivity index is 2.52. The van der Waals surface area contributed by atoms with E-state index < -0.39 is 0 Å². The first kappa shape index (κ1) is 14.1. The first-order chi connectivity index (χ1) is 8.13. The van der Waals surface area contributed by atoms with Crippen molar-refractivity contribution in [2.75, 3.05) is 13.2 Å². The van der Waals surface area contributed by atoms with Gasteiger partial charge in [0.05, 0.1) is 12.2 Å². The minimum Gasteiger partial charge on any atom is -0.462 e. The third-order valence-corrected chi connectivity index (χ3v) is 3.01. The lowest BCUT2D eigenvalue weighted by atomic mass is 10.2. The van der Waals surface area contributed by atoms with Crippen molar-refractivity contribution in [3.05, 3.63) is 29.8 Å². The van der Waals surface area contributed by atoms with Crippen LogP contribution in [0.4, 0.5) is 0 Å². The lowest BCUT2D eigenvalue weighted by molar-refractivity contribution is 0.0482. The number of rotatable bonds is 6. The molecule has 0 atom stereocenters. The highest BCUT2D eigenvalue weighted by Gasteiger charge is 2.07. The van der Waals surface area contributed by atoms with E-state index in [1.165, 1.54) is 0 Å². The second-order valence-corrected chi connectivity index (χ2v) is 5.55. The van der Waals surface area contributed by atoms with Gasteiger partial charge in [-0.2, -0.15) is 0 Å². The van der Waals surface area contributed by atoms with Crippen LogP contribution in [0, 0.1) is 0 Å². The highest BCUT2D eigenvalue weighted by Crippen LogP contribution is 2.22. The fourth-order valence-corrected chi connectivity index (χ4v) is 2.09. The zero-order chi connectivity index (χ0) is 12.7. The summed E-state index contributed by atoms with van der Waals surface area (Å²) in [6, 6.07) is 7.39. The highest BCUT2D eigenvalue weighted by molar-refractivity contribution is 7.99. The van der Waals surface area contributed by atoms with E-state index in [-0.39, 0.29) is 19.2 Å². The molecule has 0 saturated carbocycles. The number of thioether (sulfide) groups is 1. The van der Waals surface area contributed by atoms with Gasteiger partial charge in [-0.25, -0.2) is 4.79 Å². The van der Waals surface area contributed by atoms with Gasteiger partial charge in [-0.1, -0.05) is 13.8 Å². The van der Waals surface area contributed by atoms with E-state index >= 15 is 0 Å². The zero-order valence-corrected chi connectivity index (χ0v) is 11.0. The van der Waals surface area contributed by atoms with E-state index in [1.807, 2.05) is 12.1 Å². The molecular weight excluding hydrogens is 236 g/mol. The Morgan fingerprint density at radius 1 is 1.35 bits per heavy atom. The van der Waals surface area contributed by atoms with Crippen molar-refractivity contribution in [3.8, 4) is 0 Å². The van der Waals surface area contributed by atoms with E-state index in [2.05, 4.69) is 13.8 Å². The fraction of sp³-hybridized carbons (Fsp3) is 0.462. The molecule has 1 N–H and O–H groups in total. The van der Waals surface area contributed by atoms with Crippen molar-refractivity contribution < 1.29 is 14.6 Å². The third kappa shape index (κ3) is 5.24. The second-order valence-electron chi connectivity index (χ2n) is 3.90. The van der Waals surface area contributed by atoms with Crippen LogP contribution in [-0.2, 0) is 4.74 Å².